The van der Waals surface area contributed by atoms with Crippen LogP contribution in [0.5, 0.6) is 0 Å². The number of aliphatic hydroxyl groups excluding tert-OH is 1. The SMILES string of the molecule is NC(=S)c1cccc(NC(=O)CN2CCC(CO)CC2)c1. The average Bonchev–Trinajstić information content (AvgIpc) is 2.48. The number of amides is 1. The third-order valence-corrected chi connectivity index (χ3v) is 4.00. The van der Waals surface area contributed by atoms with Gasteiger partial charge in [-0.05, 0) is 44.0 Å². The Morgan fingerprint density at radius 3 is 2.76 bits per heavy atom. The summed E-state index contributed by atoms with van der Waals surface area (Å²) in [5.41, 5.74) is 7.03. The van der Waals surface area contributed by atoms with Crippen molar-refractivity contribution in [2.75, 3.05) is 31.6 Å². The second-order valence-corrected chi connectivity index (χ2v) is 5.84. The van der Waals surface area contributed by atoms with Crippen molar-refractivity contribution in [1.82, 2.24) is 4.90 Å². The number of likely N-dealkylation sites (tertiary alicyclic amines) is 1. The summed E-state index contributed by atoms with van der Waals surface area (Å²) in [5.74, 6) is 0.337. The van der Waals surface area contributed by atoms with E-state index in [0.29, 0.717) is 23.1 Å². The monoisotopic (exact) mass is 307 g/mol. The second-order valence-electron chi connectivity index (χ2n) is 5.40. The van der Waals surface area contributed by atoms with E-state index in [4.69, 9.17) is 23.1 Å². The van der Waals surface area contributed by atoms with Gasteiger partial charge >= 0.3 is 0 Å². The van der Waals surface area contributed by atoms with Crippen LogP contribution < -0.4 is 11.1 Å². The van der Waals surface area contributed by atoms with Crippen molar-refractivity contribution in [3.05, 3.63) is 29.8 Å². The molecular weight excluding hydrogens is 286 g/mol. The van der Waals surface area contributed by atoms with Crippen molar-refractivity contribution >= 4 is 28.8 Å². The molecule has 1 heterocycles. The van der Waals surface area contributed by atoms with Crippen LogP contribution in [0, 0.1) is 5.92 Å². The molecular formula is C15H21N3O2S. The number of nitrogens with zero attached hydrogens (tertiary/aromatic N) is 1. The lowest BCUT2D eigenvalue weighted by Crippen LogP contribution is -2.39. The van der Waals surface area contributed by atoms with Crippen LogP contribution in [-0.2, 0) is 4.79 Å². The van der Waals surface area contributed by atoms with E-state index in [9.17, 15) is 4.79 Å². The number of carbonyl (C=O) groups is 1. The molecule has 0 atom stereocenters. The maximum Gasteiger partial charge on any atom is 0.238 e. The number of thiocarbonyl (C=S) groups is 1. The van der Waals surface area contributed by atoms with Gasteiger partial charge in [0.1, 0.15) is 4.99 Å². The Balaban J connectivity index is 1.85. The molecule has 1 aromatic rings. The lowest BCUT2D eigenvalue weighted by molar-refractivity contribution is -0.117. The van der Waals surface area contributed by atoms with E-state index in [2.05, 4.69) is 10.2 Å². The lowest BCUT2D eigenvalue weighted by Gasteiger charge is -2.30. The molecule has 21 heavy (non-hydrogen) atoms. The third kappa shape index (κ3) is 4.77. The van der Waals surface area contributed by atoms with Gasteiger partial charge in [-0.25, -0.2) is 0 Å². The summed E-state index contributed by atoms with van der Waals surface area (Å²) in [6, 6.07) is 7.23. The molecule has 1 amide bonds. The minimum atomic E-state index is -0.0439. The molecule has 1 saturated heterocycles. The lowest BCUT2D eigenvalue weighted by atomic mass is 9.98. The first kappa shape index (κ1) is 15.9. The van der Waals surface area contributed by atoms with E-state index in [0.717, 1.165) is 31.5 Å². The molecule has 1 fully saturated rings. The number of nitrogens with one attached hydrogen (secondary N) is 1. The molecule has 1 aliphatic rings. The number of benzene rings is 1. The highest BCUT2D eigenvalue weighted by Gasteiger charge is 2.20. The molecule has 0 bridgehead atoms. The Kier molecular flexibility index (Phi) is 5.67. The smallest absolute Gasteiger partial charge is 0.238 e. The zero-order valence-electron chi connectivity index (χ0n) is 11.9. The fourth-order valence-electron chi connectivity index (χ4n) is 2.48. The van der Waals surface area contributed by atoms with Crippen LogP contribution in [0.2, 0.25) is 0 Å². The average molecular weight is 307 g/mol. The zero-order valence-corrected chi connectivity index (χ0v) is 12.7. The van der Waals surface area contributed by atoms with Gasteiger partial charge in [0.25, 0.3) is 0 Å². The summed E-state index contributed by atoms with van der Waals surface area (Å²) in [6.07, 6.45) is 1.89. The van der Waals surface area contributed by atoms with Gasteiger partial charge in [0, 0.05) is 17.9 Å². The first-order valence-corrected chi connectivity index (χ1v) is 7.52. The minimum absolute atomic E-state index is 0.0439. The predicted octanol–water partition coefficient (Wildman–Crippen LogP) is 0.964. The Labute approximate surface area is 130 Å². The summed E-state index contributed by atoms with van der Waals surface area (Å²) >= 11 is 4.92. The van der Waals surface area contributed by atoms with Crippen molar-refractivity contribution in [3.63, 3.8) is 0 Å². The van der Waals surface area contributed by atoms with Crippen LogP contribution >= 0.6 is 12.2 Å². The van der Waals surface area contributed by atoms with Crippen LogP contribution in [0.25, 0.3) is 0 Å². The number of piperidine rings is 1. The van der Waals surface area contributed by atoms with E-state index in [1.807, 2.05) is 18.2 Å². The van der Waals surface area contributed by atoms with Crippen molar-refractivity contribution in [2.45, 2.75) is 12.8 Å². The number of nitrogens with two attached hydrogens (primary N) is 1. The number of hydrogen-bond donors (Lipinski definition) is 3. The number of anilines is 1. The molecule has 2 rings (SSSR count). The summed E-state index contributed by atoms with van der Waals surface area (Å²) in [7, 11) is 0. The highest BCUT2D eigenvalue weighted by atomic mass is 32.1. The number of hydrogen-bond acceptors (Lipinski definition) is 4. The van der Waals surface area contributed by atoms with Crippen molar-refractivity contribution < 1.29 is 9.90 Å². The Hall–Kier alpha value is -1.50. The van der Waals surface area contributed by atoms with Crippen LogP contribution in [-0.4, -0.2) is 47.1 Å². The van der Waals surface area contributed by atoms with Crippen molar-refractivity contribution in [2.24, 2.45) is 11.7 Å². The molecule has 1 aliphatic heterocycles. The summed E-state index contributed by atoms with van der Waals surface area (Å²) in [4.78, 5) is 14.5. The van der Waals surface area contributed by atoms with Crippen LogP contribution in [0.3, 0.4) is 0 Å². The van der Waals surface area contributed by atoms with E-state index in [1.54, 1.807) is 6.07 Å². The van der Waals surface area contributed by atoms with Gasteiger partial charge in [0.15, 0.2) is 0 Å². The van der Waals surface area contributed by atoms with Crippen LogP contribution in [0.15, 0.2) is 24.3 Å². The van der Waals surface area contributed by atoms with Crippen molar-refractivity contribution in [1.29, 1.82) is 0 Å². The molecule has 0 unspecified atom stereocenters. The van der Waals surface area contributed by atoms with E-state index >= 15 is 0 Å². The van der Waals surface area contributed by atoms with E-state index in [-0.39, 0.29) is 12.5 Å². The molecule has 114 valence electrons. The molecule has 0 spiro atoms. The molecule has 1 aromatic carbocycles. The van der Waals surface area contributed by atoms with Crippen LogP contribution in [0.1, 0.15) is 18.4 Å². The predicted molar refractivity (Wildman–Crippen MR) is 87.2 cm³/mol. The Bertz CT molecular complexity index is 513. The third-order valence-electron chi connectivity index (χ3n) is 3.76. The molecule has 6 heteroatoms. The van der Waals surface area contributed by atoms with E-state index < -0.39 is 0 Å². The molecule has 0 radical (unpaired) electrons. The second kappa shape index (κ2) is 7.49. The number of aliphatic hydroxyl groups is 1. The van der Waals surface area contributed by atoms with Gasteiger partial charge in [-0.15, -0.1) is 0 Å². The molecule has 0 aliphatic carbocycles. The van der Waals surface area contributed by atoms with Gasteiger partial charge in [-0.2, -0.15) is 0 Å². The molecule has 5 nitrogen and oxygen atoms in total. The molecule has 0 saturated carbocycles. The maximum absolute atomic E-state index is 12.0. The topological polar surface area (TPSA) is 78.6 Å². The summed E-state index contributed by atoms with van der Waals surface area (Å²) in [5, 5.41) is 12.0. The van der Waals surface area contributed by atoms with Gasteiger partial charge in [0.05, 0.1) is 6.54 Å². The molecule has 0 aromatic heterocycles. The quantitative estimate of drug-likeness (QED) is 0.706. The maximum atomic E-state index is 12.0. The van der Waals surface area contributed by atoms with Crippen molar-refractivity contribution in [3.8, 4) is 0 Å². The fraction of sp³-hybridized carbons (Fsp3) is 0.467. The largest absolute Gasteiger partial charge is 0.396 e. The highest BCUT2D eigenvalue weighted by Crippen LogP contribution is 2.16. The fourth-order valence-corrected chi connectivity index (χ4v) is 2.61. The first-order chi connectivity index (χ1) is 10.1. The number of carbonyl (C=O) groups excluding carboxylic acids is 1. The standard InChI is InChI=1S/C15H21N3O2S/c16-15(21)12-2-1-3-13(8-12)17-14(20)9-18-6-4-11(10-19)5-7-18/h1-3,8,11,19H,4-7,9-10H2,(H2,16,21)(H,17,20). The van der Waals surface area contributed by atoms with E-state index in [1.165, 1.54) is 0 Å². The minimum Gasteiger partial charge on any atom is -0.396 e. The highest BCUT2D eigenvalue weighted by molar-refractivity contribution is 7.80. The Morgan fingerprint density at radius 2 is 2.14 bits per heavy atom. The van der Waals surface area contributed by atoms with Gasteiger partial charge in [-0.3, -0.25) is 9.69 Å². The van der Waals surface area contributed by atoms with Crippen LogP contribution in [0.4, 0.5) is 5.69 Å². The summed E-state index contributed by atoms with van der Waals surface area (Å²) in [6.45, 7) is 2.32. The van der Waals surface area contributed by atoms with Gasteiger partial charge in [-0.1, -0.05) is 24.4 Å². The first-order valence-electron chi connectivity index (χ1n) is 7.11. The normalized spacial score (nSPS) is 16.6. The zero-order chi connectivity index (χ0) is 15.2. The Morgan fingerprint density at radius 1 is 1.43 bits per heavy atom. The number of rotatable bonds is 5. The van der Waals surface area contributed by atoms with Gasteiger partial charge in [0.2, 0.25) is 5.91 Å². The van der Waals surface area contributed by atoms with Gasteiger partial charge < -0.3 is 16.2 Å². The molecule has 4 N–H and O–H groups in total. The summed E-state index contributed by atoms with van der Waals surface area (Å²) < 4.78 is 0.